The summed E-state index contributed by atoms with van der Waals surface area (Å²) in [5, 5.41) is 2.80. The number of anilines is 1. The molecule has 0 bridgehead atoms. The Morgan fingerprint density at radius 3 is 2.44 bits per heavy atom. The highest BCUT2D eigenvalue weighted by molar-refractivity contribution is 7.14. The Morgan fingerprint density at radius 1 is 1.17 bits per heavy atom. The van der Waals surface area contributed by atoms with Gasteiger partial charge in [0.25, 0.3) is 5.91 Å². The summed E-state index contributed by atoms with van der Waals surface area (Å²) in [6.07, 6.45) is 0. The third kappa shape index (κ3) is 2.59. The van der Waals surface area contributed by atoms with E-state index in [9.17, 15) is 9.18 Å². The molecule has 94 valence electrons. The van der Waals surface area contributed by atoms with Crippen LogP contribution in [0.15, 0.2) is 24.3 Å². The van der Waals surface area contributed by atoms with Crippen LogP contribution in [0.3, 0.4) is 0 Å². The van der Waals surface area contributed by atoms with Gasteiger partial charge in [0.2, 0.25) is 0 Å². The number of amides is 1. The van der Waals surface area contributed by atoms with Gasteiger partial charge in [-0.1, -0.05) is 0 Å². The zero-order chi connectivity index (χ0) is 13.3. The summed E-state index contributed by atoms with van der Waals surface area (Å²) in [4.78, 5) is 13.8. The maximum Gasteiger partial charge on any atom is 0.265 e. The second-order valence-electron chi connectivity index (χ2n) is 4.26. The average Bonchev–Trinajstić information content (AvgIpc) is 2.63. The summed E-state index contributed by atoms with van der Waals surface area (Å²) in [6, 6.07) is 6.19. The lowest BCUT2D eigenvalue weighted by Gasteiger charge is -2.06. The molecule has 0 atom stereocenters. The minimum atomic E-state index is -0.298. The van der Waals surface area contributed by atoms with Gasteiger partial charge in [0.05, 0.1) is 4.88 Å². The second-order valence-corrected chi connectivity index (χ2v) is 5.52. The summed E-state index contributed by atoms with van der Waals surface area (Å²) >= 11 is 1.46. The number of carbonyl (C=O) groups is 1. The normalized spacial score (nSPS) is 10.4. The van der Waals surface area contributed by atoms with E-state index in [1.165, 1.54) is 23.5 Å². The van der Waals surface area contributed by atoms with E-state index >= 15 is 0 Å². The van der Waals surface area contributed by atoms with Crippen LogP contribution in [0.1, 0.15) is 25.7 Å². The molecular formula is C14H14FNOS. The smallest absolute Gasteiger partial charge is 0.265 e. The van der Waals surface area contributed by atoms with Crippen molar-refractivity contribution in [1.29, 1.82) is 0 Å². The monoisotopic (exact) mass is 263 g/mol. The van der Waals surface area contributed by atoms with E-state index < -0.39 is 0 Å². The van der Waals surface area contributed by atoms with Crippen molar-refractivity contribution < 1.29 is 9.18 Å². The molecule has 0 spiro atoms. The van der Waals surface area contributed by atoms with Crippen molar-refractivity contribution in [2.24, 2.45) is 0 Å². The lowest BCUT2D eigenvalue weighted by molar-refractivity contribution is 0.103. The molecule has 2 aromatic rings. The SMILES string of the molecule is Cc1cc(F)ccc1NC(=O)c1cc(C)c(C)s1. The summed E-state index contributed by atoms with van der Waals surface area (Å²) in [7, 11) is 0. The summed E-state index contributed by atoms with van der Waals surface area (Å²) in [5.74, 6) is -0.445. The minimum Gasteiger partial charge on any atom is -0.321 e. The predicted octanol–water partition coefficient (Wildman–Crippen LogP) is 4.06. The average molecular weight is 263 g/mol. The third-order valence-corrected chi connectivity index (χ3v) is 3.98. The van der Waals surface area contributed by atoms with Crippen molar-refractivity contribution in [3.8, 4) is 0 Å². The Labute approximate surface area is 109 Å². The fraction of sp³-hybridized carbons (Fsp3) is 0.214. The van der Waals surface area contributed by atoms with Gasteiger partial charge in [0, 0.05) is 10.6 Å². The maximum absolute atomic E-state index is 13.0. The summed E-state index contributed by atoms with van der Waals surface area (Å²) < 4.78 is 13.0. The number of rotatable bonds is 2. The van der Waals surface area contributed by atoms with Crippen molar-refractivity contribution >= 4 is 22.9 Å². The molecule has 0 unspecified atom stereocenters. The topological polar surface area (TPSA) is 29.1 Å². The lowest BCUT2D eigenvalue weighted by atomic mass is 10.2. The molecule has 1 aromatic heterocycles. The molecule has 0 saturated carbocycles. The second kappa shape index (κ2) is 4.90. The molecule has 0 fully saturated rings. The Morgan fingerprint density at radius 2 is 1.89 bits per heavy atom. The molecule has 1 amide bonds. The molecule has 0 aliphatic heterocycles. The first-order valence-corrected chi connectivity index (χ1v) is 6.43. The molecule has 1 aromatic carbocycles. The standard InChI is InChI=1S/C14H14FNOS/c1-8-7-13(18-10(8)3)14(17)16-12-5-4-11(15)6-9(12)2/h4-7H,1-3H3,(H,16,17). The highest BCUT2D eigenvalue weighted by atomic mass is 32.1. The minimum absolute atomic E-state index is 0.147. The highest BCUT2D eigenvalue weighted by Gasteiger charge is 2.11. The van der Waals surface area contributed by atoms with E-state index in [4.69, 9.17) is 0 Å². The number of halogens is 1. The van der Waals surface area contributed by atoms with Crippen LogP contribution in [0.5, 0.6) is 0 Å². The van der Waals surface area contributed by atoms with Crippen LogP contribution in [-0.2, 0) is 0 Å². The molecule has 1 N–H and O–H groups in total. The molecule has 0 saturated heterocycles. The van der Waals surface area contributed by atoms with Crippen molar-refractivity contribution in [3.05, 3.63) is 51.0 Å². The maximum atomic E-state index is 13.0. The molecule has 2 rings (SSSR count). The van der Waals surface area contributed by atoms with Crippen LogP contribution >= 0.6 is 11.3 Å². The van der Waals surface area contributed by atoms with Gasteiger partial charge in [0.15, 0.2) is 0 Å². The number of carbonyl (C=O) groups excluding carboxylic acids is 1. The van der Waals surface area contributed by atoms with Gasteiger partial charge in [-0.15, -0.1) is 11.3 Å². The van der Waals surface area contributed by atoms with Crippen LogP contribution in [0.4, 0.5) is 10.1 Å². The van der Waals surface area contributed by atoms with Crippen LogP contribution in [0, 0.1) is 26.6 Å². The third-order valence-electron chi connectivity index (χ3n) is 2.83. The Balaban J connectivity index is 2.21. The van der Waals surface area contributed by atoms with Gasteiger partial charge < -0.3 is 5.32 Å². The highest BCUT2D eigenvalue weighted by Crippen LogP contribution is 2.23. The molecule has 2 nitrogen and oxygen atoms in total. The predicted molar refractivity (Wildman–Crippen MR) is 72.9 cm³/mol. The fourth-order valence-corrected chi connectivity index (χ4v) is 2.57. The van der Waals surface area contributed by atoms with Gasteiger partial charge in [-0.2, -0.15) is 0 Å². The zero-order valence-electron chi connectivity index (χ0n) is 10.5. The molecule has 4 heteroatoms. The van der Waals surface area contributed by atoms with Crippen molar-refractivity contribution in [1.82, 2.24) is 0 Å². The molecular weight excluding hydrogens is 249 g/mol. The van der Waals surface area contributed by atoms with Gasteiger partial charge in [-0.25, -0.2) is 4.39 Å². The number of nitrogens with one attached hydrogen (secondary N) is 1. The van der Waals surface area contributed by atoms with Gasteiger partial charge in [0.1, 0.15) is 5.82 Å². The van der Waals surface area contributed by atoms with E-state index in [2.05, 4.69) is 5.32 Å². The fourth-order valence-electron chi connectivity index (χ4n) is 1.64. The van der Waals surface area contributed by atoms with E-state index in [-0.39, 0.29) is 11.7 Å². The quantitative estimate of drug-likeness (QED) is 0.869. The van der Waals surface area contributed by atoms with Crippen LogP contribution in [-0.4, -0.2) is 5.91 Å². The van der Waals surface area contributed by atoms with E-state index in [0.29, 0.717) is 16.1 Å². The summed E-state index contributed by atoms with van der Waals surface area (Å²) in [5.41, 5.74) is 2.47. The number of aryl methyl sites for hydroxylation is 3. The lowest BCUT2D eigenvalue weighted by Crippen LogP contribution is -2.11. The van der Waals surface area contributed by atoms with E-state index in [1.807, 2.05) is 19.9 Å². The van der Waals surface area contributed by atoms with Crippen molar-refractivity contribution in [3.63, 3.8) is 0 Å². The van der Waals surface area contributed by atoms with Crippen LogP contribution in [0.2, 0.25) is 0 Å². The van der Waals surface area contributed by atoms with Crippen LogP contribution in [0.25, 0.3) is 0 Å². The Kier molecular flexibility index (Phi) is 3.48. The number of hydrogen-bond acceptors (Lipinski definition) is 2. The molecule has 0 aliphatic rings. The Hall–Kier alpha value is -1.68. The first-order valence-electron chi connectivity index (χ1n) is 5.62. The van der Waals surface area contributed by atoms with Gasteiger partial charge >= 0.3 is 0 Å². The first-order chi connectivity index (χ1) is 8.47. The molecule has 0 radical (unpaired) electrons. The van der Waals surface area contributed by atoms with Gasteiger partial charge in [-0.05, 0) is 56.2 Å². The van der Waals surface area contributed by atoms with E-state index in [1.54, 1.807) is 13.0 Å². The van der Waals surface area contributed by atoms with Crippen molar-refractivity contribution in [2.75, 3.05) is 5.32 Å². The van der Waals surface area contributed by atoms with Gasteiger partial charge in [-0.3, -0.25) is 4.79 Å². The number of thiophene rings is 1. The molecule has 0 aliphatic carbocycles. The van der Waals surface area contributed by atoms with Crippen molar-refractivity contribution in [2.45, 2.75) is 20.8 Å². The number of benzene rings is 1. The summed E-state index contributed by atoms with van der Waals surface area (Å²) in [6.45, 7) is 5.73. The zero-order valence-corrected chi connectivity index (χ0v) is 11.3. The Bertz CT molecular complexity index is 584. The molecule has 18 heavy (non-hydrogen) atoms. The molecule has 1 heterocycles. The first kappa shape index (κ1) is 12.8. The van der Waals surface area contributed by atoms with E-state index in [0.717, 1.165) is 10.4 Å². The number of hydrogen-bond donors (Lipinski definition) is 1. The van der Waals surface area contributed by atoms with Crippen LogP contribution < -0.4 is 5.32 Å². The largest absolute Gasteiger partial charge is 0.321 e.